The van der Waals surface area contributed by atoms with Crippen molar-refractivity contribution in [1.82, 2.24) is 4.72 Å². The van der Waals surface area contributed by atoms with Crippen molar-refractivity contribution in [2.75, 3.05) is 0 Å². The van der Waals surface area contributed by atoms with E-state index in [1.54, 1.807) is 55.5 Å². The van der Waals surface area contributed by atoms with Crippen molar-refractivity contribution in [1.29, 1.82) is 0 Å². The summed E-state index contributed by atoms with van der Waals surface area (Å²) in [5.74, 6) is 0.269. The maximum atomic E-state index is 12.0. The van der Waals surface area contributed by atoms with Crippen LogP contribution in [0, 0.1) is 6.92 Å². The molecule has 0 saturated carbocycles. The molecule has 0 spiro atoms. The highest BCUT2D eigenvalue weighted by Gasteiger charge is 2.20. The molecule has 5 nitrogen and oxygen atoms in total. The highest BCUT2D eigenvalue weighted by Crippen LogP contribution is 2.14. The van der Waals surface area contributed by atoms with Crippen LogP contribution in [0.25, 0.3) is 0 Å². The molecule has 0 heterocycles. The topological polar surface area (TPSA) is 72.5 Å². The lowest BCUT2D eigenvalue weighted by atomic mass is 10.2. The summed E-state index contributed by atoms with van der Waals surface area (Å²) in [6.07, 6.45) is -1.04. The van der Waals surface area contributed by atoms with E-state index >= 15 is 0 Å². The number of rotatable bonds is 3. The van der Waals surface area contributed by atoms with Crippen LogP contribution in [-0.4, -0.2) is 14.5 Å². The molecule has 20 heavy (non-hydrogen) atoms. The smallest absolute Gasteiger partial charge is 0.410 e. The van der Waals surface area contributed by atoms with Gasteiger partial charge in [-0.25, -0.2) is 17.9 Å². The Labute approximate surface area is 117 Å². The Morgan fingerprint density at radius 1 is 1.00 bits per heavy atom. The average molecular weight is 291 g/mol. The van der Waals surface area contributed by atoms with Crippen molar-refractivity contribution in [3.05, 3.63) is 60.2 Å². The molecule has 0 fully saturated rings. The molecule has 0 aliphatic carbocycles. The van der Waals surface area contributed by atoms with E-state index in [1.807, 2.05) is 4.72 Å². The van der Waals surface area contributed by atoms with Gasteiger partial charge in [-0.1, -0.05) is 36.4 Å². The van der Waals surface area contributed by atoms with Crippen molar-refractivity contribution in [3.8, 4) is 5.75 Å². The lowest BCUT2D eigenvalue weighted by Gasteiger charge is -2.09. The van der Waals surface area contributed by atoms with Gasteiger partial charge in [0.05, 0.1) is 4.90 Å². The first-order chi connectivity index (χ1) is 9.49. The average Bonchev–Trinajstić information content (AvgIpc) is 2.39. The summed E-state index contributed by atoms with van der Waals surface area (Å²) >= 11 is 0. The molecule has 0 unspecified atom stereocenters. The number of amides is 1. The van der Waals surface area contributed by atoms with Gasteiger partial charge in [-0.05, 0) is 30.7 Å². The van der Waals surface area contributed by atoms with Crippen LogP contribution in [0.5, 0.6) is 5.75 Å². The number of para-hydroxylation sites is 1. The normalized spacial score (nSPS) is 10.8. The standard InChI is InChI=1S/C14H13NO4S/c1-11-7-5-6-10-13(11)20(17,18)15-14(16)19-12-8-3-2-4-9-12/h2-10H,1H3,(H,15,16). The zero-order valence-electron chi connectivity index (χ0n) is 10.7. The maximum Gasteiger partial charge on any atom is 0.426 e. The van der Waals surface area contributed by atoms with Crippen molar-refractivity contribution in [2.24, 2.45) is 0 Å². The summed E-state index contributed by atoms with van der Waals surface area (Å²) < 4.78 is 30.8. The number of carbonyl (C=O) groups excluding carboxylic acids is 1. The second kappa shape index (κ2) is 5.75. The molecule has 1 amide bonds. The molecule has 2 aromatic rings. The summed E-state index contributed by atoms with van der Waals surface area (Å²) in [6, 6.07) is 14.6. The molecule has 1 N–H and O–H groups in total. The Kier molecular flexibility index (Phi) is 4.05. The number of sulfonamides is 1. The molecule has 0 aliphatic heterocycles. The third-order valence-corrected chi connectivity index (χ3v) is 4.03. The molecule has 0 atom stereocenters. The third-order valence-electron chi connectivity index (χ3n) is 2.55. The molecular weight excluding hydrogens is 278 g/mol. The number of benzene rings is 2. The number of nitrogens with one attached hydrogen (secondary N) is 1. The minimum atomic E-state index is -3.93. The minimum absolute atomic E-state index is 0.0463. The highest BCUT2D eigenvalue weighted by molar-refractivity contribution is 7.90. The monoisotopic (exact) mass is 291 g/mol. The van der Waals surface area contributed by atoms with E-state index in [2.05, 4.69) is 0 Å². The Morgan fingerprint density at radius 3 is 2.25 bits per heavy atom. The van der Waals surface area contributed by atoms with Gasteiger partial charge in [-0.2, -0.15) is 0 Å². The minimum Gasteiger partial charge on any atom is -0.410 e. The van der Waals surface area contributed by atoms with Gasteiger partial charge in [-0.3, -0.25) is 0 Å². The van der Waals surface area contributed by atoms with Gasteiger partial charge in [0.2, 0.25) is 0 Å². The van der Waals surface area contributed by atoms with E-state index < -0.39 is 16.1 Å². The first-order valence-electron chi connectivity index (χ1n) is 5.84. The van der Waals surface area contributed by atoms with Crippen LogP contribution in [-0.2, 0) is 10.0 Å². The van der Waals surface area contributed by atoms with Gasteiger partial charge in [0.15, 0.2) is 0 Å². The Hall–Kier alpha value is -2.34. The van der Waals surface area contributed by atoms with Gasteiger partial charge >= 0.3 is 6.09 Å². The Balaban J connectivity index is 2.13. The molecule has 0 saturated heterocycles. The van der Waals surface area contributed by atoms with E-state index in [0.29, 0.717) is 5.56 Å². The molecule has 2 aromatic carbocycles. The second-order valence-electron chi connectivity index (χ2n) is 4.07. The summed E-state index contributed by atoms with van der Waals surface area (Å²) in [6.45, 7) is 1.65. The van der Waals surface area contributed by atoms with E-state index in [4.69, 9.17) is 4.74 Å². The predicted octanol–water partition coefficient (Wildman–Crippen LogP) is 2.47. The lowest BCUT2D eigenvalue weighted by Crippen LogP contribution is -2.33. The van der Waals surface area contributed by atoms with Gasteiger partial charge in [0, 0.05) is 0 Å². The fourth-order valence-electron chi connectivity index (χ4n) is 1.64. The van der Waals surface area contributed by atoms with E-state index in [1.165, 1.54) is 6.07 Å². The van der Waals surface area contributed by atoms with Gasteiger partial charge < -0.3 is 4.74 Å². The summed E-state index contributed by atoms with van der Waals surface area (Å²) in [5.41, 5.74) is 0.549. The van der Waals surface area contributed by atoms with E-state index in [-0.39, 0.29) is 10.6 Å². The summed E-state index contributed by atoms with van der Waals surface area (Å²) in [7, 11) is -3.93. The molecular formula is C14H13NO4S. The number of aryl methyl sites for hydroxylation is 1. The Morgan fingerprint density at radius 2 is 1.60 bits per heavy atom. The summed E-state index contributed by atoms with van der Waals surface area (Å²) in [5, 5.41) is 0. The highest BCUT2D eigenvalue weighted by atomic mass is 32.2. The zero-order valence-corrected chi connectivity index (χ0v) is 11.6. The second-order valence-corrected chi connectivity index (χ2v) is 5.72. The quantitative estimate of drug-likeness (QED) is 0.943. The van der Waals surface area contributed by atoms with Crippen LogP contribution in [0.3, 0.4) is 0 Å². The van der Waals surface area contributed by atoms with Crippen LogP contribution in [0.1, 0.15) is 5.56 Å². The molecule has 0 bridgehead atoms. The first kappa shape index (κ1) is 14.1. The van der Waals surface area contributed by atoms with Crippen molar-refractivity contribution < 1.29 is 17.9 Å². The van der Waals surface area contributed by atoms with Crippen LogP contribution >= 0.6 is 0 Å². The maximum absolute atomic E-state index is 12.0. The van der Waals surface area contributed by atoms with Gasteiger partial charge in [0.1, 0.15) is 5.75 Å². The van der Waals surface area contributed by atoms with Crippen LogP contribution in [0.2, 0.25) is 0 Å². The predicted molar refractivity (Wildman–Crippen MR) is 74.0 cm³/mol. The molecule has 2 rings (SSSR count). The van der Waals surface area contributed by atoms with Gasteiger partial charge in [-0.15, -0.1) is 0 Å². The SMILES string of the molecule is Cc1ccccc1S(=O)(=O)NC(=O)Oc1ccccc1. The Bertz CT molecular complexity index is 711. The molecule has 6 heteroatoms. The number of hydrogen-bond acceptors (Lipinski definition) is 4. The summed E-state index contributed by atoms with van der Waals surface area (Å²) in [4.78, 5) is 11.6. The molecule has 0 radical (unpaired) electrons. The fourth-order valence-corrected chi connectivity index (χ4v) is 2.76. The van der Waals surface area contributed by atoms with Crippen LogP contribution < -0.4 is 9.46 Å². The lowest BCUT2D eigenvalue weighted by molar-refractivity contribution is 0.207. The first-order valence-corrected chi connectivity index (χ1v) is 7.33. The zero-order chi connectivity index (χ0) is 14.6. The van der Waals surface area contributed by atoms with Crippen LogP contribution in [0.15, 0.2) is 59.5 Å². The number of hydrogen-bond donors (Lipinski definition) is 1. The molecule has 0 aliphatic rings. The number of ether oxygens (including phenoxy) is 1. The van der Waals surface area contributed by atoms with Crippen molar-refractivity contribution >= 4 is 16.1 Å². The number of carbonyl (C=O) groups is 1. The van der Waals surface area contributed by atoms with E-state index in [9.17, 15) is 13.2 Å². The molecule has 0 aromatic heterocycles. The third kappa shape index (κ3) is 3.36. The van der Waals surface area contributed by atoms with Crippen molar-refractivity contribution in [2.45, 2.75) is 11.8 Å². The largest absolute Gasteiger partial charge is 0.426 e. The van der Waals surface area contributed by atoms with Gasteiger partial charge in [0.25, 0.3) is 10.0 Å². The van der Waals surface area contributed by atoms with Crippen molar-refractivity contribution in [3.63, 3.8) is 0 Å². The van der Waals surface area contributed by atoms with E-state index in [0.717, 1.165) is 0 Å². The fraction of sp³-hybridized carbons (Fsp3) is 0.0714. The van der Waals surface area contributed by atoms with Crippen LogP contribution in [0.4, 0.5) is 4.79 Å². The molecule has 104 valence electrons.